The van der Waals surface area contributed by atoms with Gasteiger partial charge in [-0.1, -0.05) is 12.2 Å². The minimum atomic E-state index is -0.907. The molecule has 0 heterocycles. The first-order chi connectivity index (χ1) is 5.29. The monoisotopic (exact) mass is 168 g/mol. The molecule has 1 aliphatic rings. The Balaban J connectivity index is 3.05. The number of rotatable bonds is 1. The first-order valence-electron chi connectivity index (χ1n) is 4.20. The van der Waals surface area contributed by atoms with Crippen LogP contribution in [0.2, 0.25) is 0 Å². The van der Waals surface area contributed by atoms with Crippen molar-refractivity contribution in [3.8, 4) is 0 Å². The average Bonchev–Trinajstić information content (AvgIpc) is 2.02. The molecular formula is C10H16O2. The van der Waals surface area contributed by atoms with E-state index in [0.717, 1.165) is 5.57 Å². The molecule has 1 saturated carbocycles. The van der Waals surface area contributed by atoms with Gasteiger partial charge in [0.25, 0.3) is 0 Å². The van der Waals surface area contributed by atoms with Crippen molar-refractivity contribution >= 4 is 5.78 Å². The van der Waals surface area contributed by atoms with E-state index in [-0.39, 0.29) is 5.78 Å². The molecule has 0 aromatic rings. The predicted octanol–water partition coefficient (Wildman–Crippen LogP) is 1.68. The molecule has 0 aromatic heterocycles. The van der Waals surface area contributed by atoms with Gasteiger partial charge in [-0.2, -0.15) is 0 Å². The lowest BCUT2D eigenvalue weighted by molar-refractivity contribution is -0.137. The van der Waals surface area contributed by atoms with Gasteiger partial charge in [0.05, 0.1) is 11.0 Å². The van der Waals surface area contributed by atoms with Gasteiger partial charge in [0, 0.05) is 0 Å². The van der Waals surface area contributed by atoms with E-state index in [1.165, 1.54) is 6.92 Å². The Morgan fingerprint density at radius 1 is 1.50 bits per heavy atom. The molecule has 0 spiro atoms. The van der Waals surface area contributed by atoms with Gasteiger partial charge < -0.3 is 5.11 Å². The standard InChI is InChI=1S/C10H16O2/c1-7-5-9(3,8(2)11)10(4,12)6-7/h12H,1,5-6H2,2-4H3/t9-,10-/m1/s1. The van der Waals surface area contributed by atoms with Gasteiger partial charge in [-0.3, -0.25) is 4.79 Å². The Morgan fingerprint density at radius 3 is 2.17 bits per heavy atom. The summed E-state index contributed by atoms with van der Waals surface area (Å²) in [5.41, 5.74) is -0.558. The van der Waals surface area contributed by atoms with Gasteiger partial charge >= 0.3 is 0 Å². The summed E-state index contributed by atoms with van der Waals surface area (Å²) in [6, 6.07) is 0. The molecule has 68 valence electrons. The van der Waals surface area contributed by atoms with Crippen LogP contribution in [0.4, 0.5) is 0 Å². The fourth-order valence-electron chi connectivity index (χ4n) is 1.94. The highest BCUT2D eigenvalue weighted by Crippen LogP contribution is 2.48. The molecule has 1 N–H and O–H groups in total. The number of Topliss-reactive ketones (excluding diaryl/α,β-unsaturated/α-hetero) is 1. The van der Waals surface area contributed by atoms with E-state index in [9.17, 15) is 9.90 Å². The summed E-state index contributed by atoms with van der Waals surface area (Å²) in [5.74, 6) is 0.0474. The summed E-state index contributed by atoms with van der Waals surface area (Å²) in [4.78, 5) is 11.3. The van der Waals surface area contributed by atoms with Crippen LogP contribution in [0.1, 0.15) is 33.6 Å². The molecule has 0 bridgehead atoms. The van der Waals surface area contributed by atoms with Gasteiger partial charge in [-0.05, 0) is 33.6 Å². The fraction of sp³-hybridized carbons (Fsp3) is 0.700. The van der Waals surface area contributed by atoms with Crippen molar-refractivity contribution in [2.75, 3.05) is 0 Å². The van der Waals surface area contributed by atoms with Crippen LogP contribution in [0.15, 0.2) is 12.2 Å². The molecule has 2 atom stereocenters. The SMILES string of the molecule is C=C1C[C@@](C)(O)[C@@](C)(C(C)=O)C1. The predicted molar refractivity (Wildman–Crippen MR) is 47.8 cm³/mol. The van der Waals surface area contributed by atoms with Crippen LogP contribution >= 0.6 is 0 Å². The van der Waals surface area contributed by atoms with Gasteiger partial charge in [0.15, 0.2) is 0 Å². The molecule has 0 saturated heterocycles. The van der Waals surface area contributed by atoms with Crippen molar-refractivity contribution in [3.05, 3.63) is 12.2 Å². The first-order valence-corrected chi connectivity index (χ1v) is 4.20. The lowest BCUT2D eigenvalue weighted by Gasteiger charge is -2.33. The van der Waals surface area contributed by atoms with E-state index >= 15 is 0 Å². The minimum absolute atomic E-state index is 0.0474. The molecule has 2 heteroatoms. The molecule has 0 unspecified atom stereocenters. The minimum Gasteiger partial charge on any atom is -0.389 e. The summed E-state index contributed by atoms with van der Waals surface area (Å²) in [5, 5.41) is 9.97. The van der Waals surface area contributed by atoms with E-state index in [4.69, 9.17) is 0 Å². The van der Waals surface area contributed by atoms with Crippen molar-refractivity contribution in [3.63, 3.8) is 0 Å². The zero-order valence-corrected chi connectivity index (χ0v) is 7.98. The molecular weight excluding hydrogens is 152 g/mol. The van der Waals surface area contributed by atoms with Crippen LogP contribution in [0.3, 0.4) is 0 Å². The van der Waals surface area contributed by atoms with Crippen LogP contribution in [-0.4, -0.2) is 16.5 Å². The zero-order chi connectivity index (χ0) is 9.57. The van der Waals surface area contributed by atoms with Crippen molar-refractivity contribution in [1.29, 1.82) is 0 Å². The normalized spacial score (nSPS) is 41.8. The summed E-state index contributed by atoms with van der Waals surface area (Å²) in [6.07, 6.45) is 1.17. The third kappa shape index (κ3) is 1.11. The number of carbonyl (C=O) groups is 1. The smallest absolute Gasteiger partial charge is 0.138 e. The summed E-state index contributed by atoms with van der Waals surface area (Å²) >= 11 is 0. The lowest BCUT2D eigenvalue weighted by atomic mass is 9.74. The number of ketones is 1. The van der Waals surface area contributed by atoms with Crippen LogP contribution in [0.25, 0.3) is 0 Å². The van der Waals surface area contributed by atoms with E-state index in [2.05, 4.69) is 6.58 Å². The number of aliphatic hydroxyl groups is 1. The number of hydrogen-bond acceptors (Lipinski definition) is 2. The average molecular weight is 168 g/mol. The zero-order valence-electron chi connectivity index (χ0n) is 7.98. The lowest BCUT2D eigenvalue weighted by Crippen LogP contribution is -2.43. The molecule has 0 aromatic carbocycles. The molecule has 0 aliphatic heterocycles. The van der Waals surface area contributed by atoms with Gasteiger partial charge in [0.1, 0.15) is 5.78 Å². The van der Waals surface area contributed by atoms with Crippen molar-refractivity contribution in [2.24, 2.45) is 5.41 Å². The maximum absolute atomic E-state index is 11.3. The van der Waals surface area contributed by atoms with E-state index in [0.29, 0.717) is 12.8 Å². The van der Waals surface area contributed by atoms with Crippen molar-refractivity contribution < 1.29 is 9.90 Å². The Hall–Kier alpha value is -0.630. The van der Waals surface area contributed by atoms with Gasteiger partial charge in [0.2, 0.25) is 0 Å². The second kappa shape index (κ2) is 2.43. The van der Waals surface area contributed by atoms with E-state index in [1.54, 1.807) is 6.92 Å². The third-order valence-corrected chi connectivity index (χ3v) is 3.16. The maximum Gasteiger partial charge on any atom is 0.138 e. The van der Waals surface area contributed by atoms with Crippen molar-refractivity contribution in [1.82, 2.24) is 0 Å². The Labute approximate surface area is 73.3 Å². The molecule has 0 radical (unpaired) electrons. The third-order valence-electron chi connectivity index (χ3n) is 3.16. The van der Waals surface area contributed by atoms with Gasteiger partial charge in [-0.25, -0.2) is 0 Å². The second-order valence-electron chi connectivity index (χ2n) is 4.27. The molecule has 1 fully saturated rings. The maximum atomic E-state index is 11.3. The largest absolute Gasteiger partial charge is 0.389 e. The van der Waals surface area contributed by atoms with Crippen LogP contribution in [-0.2, 0) is 4.79 Å². The van der Waals surface area contributed by atoms with Crippen LogP contribution in [0, 0.1) is 5.41 Å². The highest BCUT2D eigenvalue weighted by atomic mass is 16.3. The molecule has 1 rings (SSSR count). The number of carbonyl (C=O) groups excluding carboxylic acids is 1. The Bertz CT molecular complexity index is 240. The summed E-state index contributed by atoms with van der Waals surface area (Å²) < 4.78 is 0. The number of hydrogen-bond donors (Lipinski definition) is 1. The highest BCUT2D eigenvalue weighted by molar-refractivity contribution is 5.84. The Kier molecular flexibility index (Phi) is 1.91. The summed E-state index contributed by atoms with van der Waals surface area (Å²) in [7, 11) is 0. The molecule has 12 heavy (non-hydrogen) atoms. The molecule has 0 amide bonds. The van der Waals surface area contributed by atoms with Gasteiger partial charge in [-0.15, -0.1) is 0 Å². The quantitative estimate of drug-likeness (QED) is 0.605. The summed E-state index contributed by atoms with van der Waals surface area (Å²) in [6.45, 7) is 8.88. The topological polar surface area (TPSA) is 37.3 Å². The molecule has 2 nitrogen and oxygen atoms in total. The molecule has 1 aliphatic carbocycles. The highest BCUT2D eigenvalue weighted by Gasteiger charge is 2.52. The fourth-order valence-corrected chi connectivity index (χ4v) is 1.94. The van der Waals surface area contributed by atoms with Crippen LogP contribution in [0.5, 0.6) is 0 Å². The van der Waals surface area contributed by atoms with E-state index < -0.39 is 11.0 Å². The first kappa shape index (κ1) is 9.46. The Morgan fingerprint density at radius 2 is 2.00 bits per heavy atom. The van der Waals surface area contributed by atoms with E-state index in [1.807, 2.05) is 6.92 Å². The van der Waals surface area contributed by atoms with Crippen molar-refractivity contribution in [2.45, 2.75) is 39.2 Å². The second-order valence-corrected chi connectivity index (χ2v) is 4.27. The van der Waals surface area contributed by atoms with Crippen LogP contribution < -0.4 is 0 Å².